The summed E-state index contributed by atoms with van der Waals surface area (Å²) in [5.74, 6) is -2.22. The van der Waals surface area contributed by atoms with Gasteiger partial charge >= 0.3 is 5.97 Å². The molecule has 0 radical (unpaired) electrons. The van der Waals surface area contributed by atoms with Crippen LogP contribution in [0.15, 0.2) is 42.5 Å². The monoisotopic (exact) mass is 289 g/mol. The molecule has 0 saturated carbocycles. The molecule has 21 heavy (non-hydrogen) atoms. The first-order valence-electron chi connectivity index (χ1n) is 5.99. The molecule has 0 saturated heterocycles. The minimum atomic E-state index is -0.821. The highest BCUT2D eigenvalue weighted by molar-refractivity contribution is 6.04. The van der Waals surface area contributed by atoms with E-state index in [1.54, 1.807) is 0 Å². The van der Waals surface area contributed by atoms with Crippen molar-refractivity contribution in [3.8, 4) is 5.75 Å². The standard InChI is InChI=1S/C15H12FNO4/c1-21-15(20)9-2-4-10(5-3-9)17-14(19)12-7-6-11(18)8-13(12)16/h2-8,18H,1H3,(H,17,19). The first kappa shape index (κ1) is 14.5. The van der Waals surface area contributed by atoms with Crippen LogP contribution < -0.4 is 5.32 Å². The van der Waals surface area contributed by atoms with Crippen LogP contribution in [0.4, 0.5) is 10.1 Å². The Morgan fingerprint density at radius 2 is 1.81 bits per heavy atom. The van der Waals surface area contributed by atoms with Gasteiger partial charge in [-0.25, -0.2) is 9.18 Å². The second kappa shape index (κ2) is 6.04. The SMILES string of the molecule is COC(=O)c1ccc(NC(=O)c2ccc(O)cc2F)cc1. The quantitative estimate of drug-likeness (QED) is 0.851. The number of phenolic OH excluding ortho intramolecular Hbond substituents is 1. The maximum atomic E-state index is 13.5. The van der Waals surface area contributed by atoms with Crippen molar-refractivity contribution in [2.45, 2.75) is 0 Å². The van der Waals surface area contributed by atoms with E-state index in [9.17, 15) is 14.0 Å². The van der Waals surface area contributed by atoms with Gasteiger partial charge < -0.3 is 15.2 Å². The molecule has 0 aliphatic heterocycles. The average molecular weight is 289 g/mol. The molecular weight excluding hydrogens is 277 g/mol. The highest BCUT2D eigenvalue weighted by Crippen LogP contribution is 2.17. The van der Waals surface area contributed by atoms with Gasteiger partial charge in [-0.1, -0.05) is 0 Å². The van der Waals surface area contributed by atoms with E-state index in [2.05, 4.69) is 10.1 Å². The van der Waals surface area contributed by atoms with E-state index in [1.807, 2.05) is 0 Å². The van der Waals surface area contributed by atoms with E-state index in [1.165, 1.54) is 43.5 Å². The fraction of sp³-hybridized carbons (Fsp3) is 0.0667. The van der Waals surface area contributed by atoms with Crippen LogP contribution >= 0.6 is 0 Å². The minimum absolute atomic E-state index is 0.190. The van der Waals surface area contributed by atoms with Crippen LogP contribution in [0.25, 0.3) is 0 Å². The van der Waals surface area contributed by atoms with Crippen molar-refractivity contribution < 1.29 is 23.8 Å². The highest BCUT2D eigenvalue weighted by Gasteiger charge is 2.13. The van der Waals surface area contributed by atoms with Crippen LogP contribution in [0.1, 0.15) is 20.7 Å². The number of phenols is 1. The number of esters is 1. The van der Waals surface area contributed by atoms with Gasteiger partial charge in [-0.2, -0.15) is 0 Å². The number of carbonyl (C=O) groups is 2. The molecule has 108 valence electrons. The Hall–Kier alpha value is -2.89. The Labute approximate surface area is 120 Å². The predicted octanol–water partition coefficient (Wildman–Crippen LogP) is 2.57. The number of hydrogen-bond donors (Lipinski definition) is 2. The summed E-state index contributed by atoms with van der Waals surface area (Å²) in [5.41, 5.74) is 0.552. The second-order valence-electron chi connectivity index (χ2n) is 4.19. The van der Waals surface area contributed by atoms with Crippen molar-refractivity contribution >= 4 is 17.6 Å². The molecule has 0 spiro atoms. The topological polar surface area (TPSA) is 75.6 Å². The summed E-state index contributed by atoms with van der Waals surface area (Å²) in [7, 11) is 1.27. The molecule has 5 nitrogen and oxygen atoms in total. The molecule has 2 aromatic rings. The first-order chi connectivity index (χ1) is 10.0. The van der Waals surface area contributed by atoms with Crippen molar-refractivity contribution in [2.24, 2.45) is 0 Å². The lowest BCUT2D eigenvalue weighted by atomic mass is 10.1. The largest absolute Gasteiger partial charge is 0.508 e. The number of methoxy groups -OCH3 is 1. The van der Waals surface area contributed by atoms with Crippen LogP contribution in [0.2, 0.25) is 0 Å². The van der Waals surface area contributed by atoms with Gasteiger partial charge in [0, 0.05) is 11.8 Å². The normalized spacial score (nSPS) is 10.0. The second-order valence-corrected chi connectivity index (χ2v) is 4.19. The fourth-order valence-corrected chi connectivity index (χ4v) is 1.69. The third-order valence-corrected chi connectivity index (χ3v) is 2.76. The summed E-state index contributed by atoms with van der Waals surface area (Å²) < 4.78 is 18.1. The third kappa shape index (κ3) is 3.36. The summed E-state index contributed by atoms with van der Waals surface area (Å²) in [6.07, 6.45) is 0. The van der Waals surface area contributed by atoms with E-state index in [-0.39, 0.29) is 11.3 Å². The summed E-state index contributed by atoms with van der Waals surface area (Å²) in [6.45, 7) is 0. The summed E-state index contributed by atoms with van der Waals surface area (Å²) in [4.78, 5) is 23.2. The van der Waals surface area contributed by atoms with E-state index in [0.717, 1.165) is 6.07 Å². The van der Waals surface area contributed by atoms with Crippen LogP contribution in [0.5, 0.6) is 5.75 Å². The highest BCUT2D eigenvalue weighted by atomic mass is 19.1. The average Bonchev–Trinajstić information content (AvgIpc) is 2.47. The van der Waals surface area contributed by atoms with Gasteiger partial charge in [0.2, 0.25) is 0 Å². The summed E-state index contributed by atoms with van der Waals surface area (Å²) >= 11 is 0. The molecule has 2 N–H and O–H groups in total. The molecule has 0 aromatic heterocycles. The molecule has 0 aliphatic rings. The molecule has 2 rings (SSSR count). The predicted molar refractivity (Wildman–Crippen MR) is 73.8 cm³/mol. The number of nitrogens with one attached hydrogen (secondary N) is 1. The summed E-state index contributed by atoms with van der Waals surface area (Å²) in [6, 6.07) is 9.23. The molecule has 0 aliphatic carbocycles. The molecule has 6 heteroatoms. The molecule has 0 unspecified atom stereocenters. The molecule has 2 aromatic carbocycles. The van der Waals surface area contributed by atoms with Gasteiger partial charge in [-0.15, -0.1) is 0 Å². The number of benzene rings is 2. The number of ether oxygens (including phenoxy) is 1. The van der Waals surface area contributed by atoms with Gasteiger partial charge in [0.05, 0.1) is 18.2 Å². The number of carbonyl (C=O) groups excluding carboxylic acids is 2. The minimum Gasteiger partial charge on any atom is -0.508 e. The van der Waals surface area contributed by atoms with E-state index in [4.69, 9.17) is 5.11 Å². The Bertz CT molecular complexity index is 683. The van der Waals surface area contributed by atoms with Crippen LogP contribution in [-0.4, -0.2) is 24.1 Å². The van der Waals surface area contributed by atoms with E-state index in [0.29, 0.717) is 11.3 Å². The van der Waals surface area contributed by atoms with Gasteiger partial charge in [-0.05, 0) is 36.4 Å². The third-order valence-electron chi connectivity index (χ3n) is 2.76. The molecule has 1 amide bonds. The Balaban J connectivity index is 2.14. The number of halogens is 1. The van der Waals surface area contributed by atoms with Crippen LogP contribution in [-0.2, 0) is 4.74 Å². The number of aromatic hydroxyl groups is 1. The number of amides is 1. The maximum absolute atomic E-state index is 13.5. The number of anilines is 1. The zero-order valence-electron chi connectivity index (χ0n) is 11.1. The van der Waals surface area contributed by atoms with Gasteiger partial charge in [0.25, 0.3) is 5.91 Å². The lowest BCUT2D eigenvalue weighted by molar-refractivity contribution is 0.0600. The Morgan fingerprint density at radius 1 is 1.14 bits per heavy atom. The van der Waals surface area contributed by atoms with Gasteiger partial charge in [-0.3, -0.25) is 4.79 Å². The van der Waals surface area contributed by atoms with E-state index >= 15 is 0 Å². The summed E-state index contributed by atoms with van der Waals surface area (Å²) in [5, 5.41) is 11.6. The Morgan fingerprint density at radius 3 is 2.38 bits per heavy atom. The lowest BCUT2D eigenvalue weighted by Crippen LogP contribution is -2.13. The van der Waals surface area contributed by atoms with Crippen LogP contribution in [0.3, 0.4) is 0 Å². The van der Waals surface area contributed by atoms with Crippen molar-refractivity contribution in [2.75, 3.05) is 12.4 Å². The van der Waals surface area contributed by atoms with Crippen molar-refractivity contribution in [1.82, 2.24) is 0 Å². The Kier molecular flexibility index (Phi) is 4.18. The molecular formula is C15H12FNO4. The van der Waals surface area contributed by atoms with Crippen molar-refractivity contribution in [3.05, 3.63) is 59.4 Å². The first-order valence-corrected chi connectivity index (χ1v) is 5.99. The van der Waals surface area contributed by atoms with E-state index < -0.39 is 17.7 Å². The number of hydrogen-bond acceptors (Lipinski definition) is 4. The molecule has 0 fully saturated rings. The van der Waals surface area contributed by atoms with Gasteiger partial charge in [0.1, 0.15) is 11.6 Å². The maximum Gasteiger partial charge on any atom is 0.337 e. The number of rotatable bonds is 3. The molecule has 0 bridgehead atoms. The van der Waals surface area contributed by atoms with Crippen molar-refractivity contribution in [1.29, 1.82) is 0 Å². The zero-order valence-corrected chi connectivity index (χ0v) is 11.1. The fourth-order valence-electron chi connectivity index (χ4n) is 1.69. The molecule has 0 atom stereocenters. The molecule has 0 heterocycles. The van der Waals surface area contributed by atoms with Gasteiger partial charge in [0.15, 0.2) is 0 Å². The zero-order chi connectivity index (χ0) is 15.4. The van der Waals surface area contributed by atoms with Crippen LogP contribution in [0, 0.1) is 5.82 Å². The smallest absolute Gasteiger partial charge is 0.337 e. The lowest BCUT2D eigenvalue weighted by Gasteiger charge is -2.07. The van der Waals surface area contributed by atoms with Crippen molar-refractivity contribution in [3.63, 3.8) is 0 Å².